The lowest BCUT2D eigenvalue weighted by Crippen LogP contribution is -2.49. The van der Waals surface area contributed by atoms with Crippen LogP contribution >= 0.6 is 0 Å². The average molecular weight is 374 g/mol. The van der Waals surface area contributed by atoms with Gasteiger partial charge < -0.3 is 10.2 Å². The molecule has 1 aromatic heterocycles. The fourth-order valence-electron chi connectivity index (χ4n) is 2.85. The molecule has 2 aromatic rings. The maximum atomic E-state index is 12.6. The standard InChI is InChI=1S/C18H22N4O3S/c23-18(20-16-5-4-9-19-15-16)8-10-21-11-13-22(14-12-21)26(24,25)17-6-2-1-3-7-17/h1-7,9,15H,8,10-14H2,(H,20,23). The molecule has 1 aromatic carbocycles. The van der Waals surface area contributed by atoms with Gasteiger partial charge >= 0.3 is 0 Å². The Morgan fingerprint density at radius 1 is 1.04 bits per heavy atom. The summed E-state index contributed by atoms with van der Waals surface area (Å²) in [5.74, 6) is -0.0719. The van der Waals surface area contributed by atoms with Crippen LogP contribution < -0.4 is 5.32 Å². The summed E-state index contributed by atoms with van der Waals surface area (Å²) in [6.07, 6.45) is 3.62. The van der Waals surface area contributed by atoms with Gasteiger partial charge in [0.15, 0.2) is 0 Å². The van der Waals surface area contributed by atoms with Crippen molar-refractivity contribution in [2.75, 3.05) is 38.0 Å². The van der Waals surface area contributed by atoms with E-state index in [1.807, 2.05) is 0 Å². The number of aromatic nitrogens is 1. The molecule has 1 fully saturated rings. The predicted molar refractivity (Wildman–Crippen MR) is 99.1 cm³/mol. The van der Waals surface area contributed by atoms with Crippen LogP contribution in [-0.2, 0) is 14.8 Å². The number of nitrogens with zero attached hydrogens (tertiary/aromatic N) is 3. The number of hydrogen-bond donors (Lipinski definition) is 1. The summed E-state index contributed by atoms with van der Waals surface area (Å²) in [6.45, 7) is 2.70. The SMILES string of the molecule is O=C(CCN1CCN(S(=O)(=O)c2ccccc2)CC1)Nc1cccnc1. The van der Waals surface area contributed by atoms with Gasteiger partial charge in [-0.1, -0.05) is 18.2 Å². The van der Waals surface area contributed by atoms with E-state index in [2.05, 4.69) is 15.2 Å². The number of nitrogens with one attached hydrogen (secondary N) is 1. The van der Waals surface area contributed by atoms with Crippen LogP contribution in [0.25, 0.3) is 0 Å². The van der Waals surface area contributed by atoms with Crippen LogP contribution in [0.1, 0.15) is 6.42 Å². The van der Waals surface area contributed by atoms with Crippen molar-refractivity contribution in [1.29, 1.82) is 0 Å². The van der Waals surface area contributed by atoms with E-state index in [1.165, 1.54) is 4.31 Å². The summed E-state index contributed by atoms with van der Waals surface area (Å²) >= 11 is 0. The first kappa shape index (κ1) is 18.5. The topological polar surface area (TPSA) is 82.6 Å². The third-order valence-electron chi connectivity index (χ3n) is 4.31. The van der Waals surface area contributed by atoms with Crippen molar-refractivity contribution in [1.82, 2.24) is 14.2 Å². The molecule has 26 heavy (non-hydrogen) atoms. The summed E-state index contributed by atoms with van der Waals surface area (Å²) < 4.78 is 26.7. The van der Waals surface area contributed by atoms with Crippen LogP contribution in [0.15, 0.2) is 59.8 Å². The van der Waals surface area contributed by atoms with Crippen LogP contribution in [-0.4, -0.2) is 61.2 Å². The fraction of sp³-hybridized carbons (Fsp3) is 0.333. The van der Waals surface area contributed by atoms with Crippen molar-refractivity contribution >= 4 is 21.6 Å². The minimum Gasteiger partial charge on any atom is -0.325 e. The molecule has 3 rings (SSSR count). The molecule has 0 atom stereocenters. The second-order valence-corrected chi connectivity index (χ2v) is 8.04. The van der Waals surface area contributed by atoms with E-state index in [-0.39, 0.29) is 5.91 Å². The lowest BCUT2D eigenvalue weighted by atomic mass is 10.3. The van der Waals surface area contributed by atoms with Crippen LogP contribution in [0, 0.1) is 0 Å². The third kappa shape index (κ3) is 4.66. The van der Waals surface area contributed by atoms with Crippen molar-refractivity contribution in [3.8, 4) is 0 Å². The molecule has 1 saturated heterocycles. The molecule has 7 nitrogen and oxygen atoms in total. The Labute approximate surface area is 153 Å². The molecule has 0 radical (unpaired) electrons. The lowest BCUT2D eigenvalue weighted by Gasteiger charge is -2.33. The monoisotopic (exact) mass is 374 g/mol. The Hall–Kier alpha value is -2.29. The second-order valence-electron chi connectivity index (χ2n) is 6.10. The van der Waals surface area contributed by atoms with Gasteiger partial charge in [-0.2, -0.15) is 4.31 Å². The molecule has 0 aliphatic carbocycles. The van der Waals surface area contributed by atoms with E-state index >= 15 is 0 Å². The number of pyridine rings is 1. The number of carbonyl (C=O) groups is 1. The van der Waals surface area contributed by atoms with Gasteiger partial charge in [0.2, 0.25) is 15.9 Å². The number of rotatable bonds is 6. The zero-order valence-corrected chi connectivity index (χ0v) is 15.2. The second kappa shape index (κ2) is 8.39. The van der Waals surface area contributed by atoms with Crippen LogP contribution in [0.3, 0.4) is 0 Å². The largest absolute Gasteiger partial charge is 0.325 e. The average Bonchev–Trinajstić information content (AvgIpc) is 2.68. The van der Waals surface area contributed by atoms with E-state index in [9.17, 15) is 13.2 Å². The highest BCUT2D eigenvalue weighted by Crippen LogP contribution is 2.17. The van der Waals surface area contributed by atoms with E-state index in [0.29, 0.717) is 49.7 Å². The van der Waals surface area contributed by atoms with E-state index in [1.54, 1.807) is 54.9 Å². The molecular formula is C18H22N4O3S. The summed E-state index contributed by atoms with van der Waals surface area (Å²) in [6, 6.07) is 12.0. The first-order valence-corrected chi connectivity index (χ1v) is 9.97. The molecule has 138 valence electrons. The highest BCUT2D eigenvalue weighted by atomic mass is 32.2. The zero-order chi connectivity index (χ0) is 18.4. The van der Waals surface area contributed by atoms with E-state index in [0.717, 1.165) is 0 Å². The Morgan fingerprint density at radius 2 is 1.77 bits per heavy atom. The van der Waals surface area contributed by atoms with Gasteiger partial charge in [0, 0.05) is 45.3 Å². The molecule has 1 N–H and O–H groups in total. The number of carbonyl (C=O) groups excluding carboxylic acids is 1. The molecule has 1 aliphatic rings. The summed E-state index contributed by atoms with van der Waals surface area (Å²) in [5, 5.41) is 2.80. The maximum absolute atomic E-state index is 12.6. The summed E-state index contributed by atoms with van der Waals surface area (Å²) in [5.41, 5.74) is 0.677. The van der Waals surface area contributed by atoms with Gasteiger partial charge in [-0.15, -0.1) is 0 Å². The van der Waals surface area contributed by atoms with E-state index < -0.39 is 10.0 Å². The predicted octanol–water partition coefficient (Wildman–Crippen LogP) is 1.42. The smallest absolute Gasteiger partial charge is 0.243 e. The van der Waals surface area contributed by atoms with Gasteiger partial charge in [0.1, 0.15) is 0 Å². The maximum Gasteiger partial charge on any atom is 0.243 e. The van der Waals surface area contributed by atoms with Gasteiger partial charge in [0.05, 0.1) is 16.8 Å². The van der Waals surface area contributed by atoms with Crippen molar-refractivity contribution in [2.24, 2.45) is 0 Å². The van der Waals surface area contributed by atoms with Gasteiger partial charge in [-0.25, -0.2) is 8.42 Å². The quantitative estimate of drug-likeness (QED) is 0.827. The minimum absolute atomic E-state index is 0.0719. The van der Waals surface area contributed by atoms with Gasteiger partial charge in [-0.05, 0) is 24.3 Å². The number of hydrogen-bond acceptors (Lipinski definition) is 5. The molecule has 8 heteroatoms. The first-order valence-electron chi connectivity index (χ1n) is 8.53. The fourth-order valence-corrected chi connectivity index (χ4v) is 4.30. The highest BCUT2D eigenvalue weighted by molar-refractivity contribution is 7.89. The van der Waals surface area contributed by atoms with Gasteiger partial charge in [0.25, 0.3) is 0 Å². The Kier molecular flexibility index (Phi) is 5.97. The van der Waals surface area contributed by atoms with Crippen molar-refractivity contribution in [3.05, 3.63) is 54.9 Å². The number of piperazine rings is 1. The molecular weight excluding hydrogens is 352 g/mol. The number of amides is 1. The Bertz CT molecular complexity index is 820. The number of sulfonamides is 1. The van der Waals surface area contributed by atoms with E-state index in [4.69, 9.17) is 0 Å². The number of anilines is 1. The molecule has 0 spiro atoms. The van der Waals surface area contributed by atoms with Crippen molar-refractivity contribution in [3.63, 3.8) is 0 Å². The normalized spacial score (nSPS) is 16.3. The lowest BCUT2D eigenvalue weighted by molar-refractivity contribution is -0.116. The molecule has 1 amide bonds. The van der Waals surface area contributed by atoms with Crippen LogP contribution in [0.5, 0.6) is 0 Å². The molecule has 2 heterocycles. The van der Waals surface area contributed by atoms with Crippen LogP contribution in [0.2, 0.25) is 0 Å². The van der Waals surface area contributed by atoms with Crippen LogP contribution in [0.4, 0.5) is 5.69 Å². The number of benzene rings is 1. The molecule has 1 aliphatic heterocycles. The highest BCUT2D eigenvalue weighted by Gasteiger charge is 2.28. The van der Waals surface area contributed by atoms with Crippen molar-refractivity contribution < 1.29 is 13.2 Å². The Morgan fingerprint density at radius 3 is 2.42 bits per heavy atom. The first-order chi connectivity index (χ1) is 12.6. The molecule has 0 unspecified atom stereocenters. The zero-order valence-electron chi connectivity index (χ0n) is 14.4. The minimum atomic E-state index is -3.44. The summed E-state index contributed by atoms with van der Waals surface area (Å²) in [7, 11) is -3.44. The molecule has 0 saturated carbocycles. The summed E-state index contributed by atoms with van der Waals surface area (Å²) in [4.78, 5) is 18.4. The van der Waals surface area contributed by atoms with Gasteiger partial charge in [-0.3, -0.25) is 9.78 Å². The van der Waals surface area contributed by atoms with Crippen molar-refractivity contribution in [2.45, 2.75) is 11.3 Å². The molecule has 0 bridgehead atoms. The third-order valence-corrected chi connectivity index (χ3v) is 6.23. The Balaban J connectivity index is 1.46.